The molecule has 0 spiro atoms. The molecule has 5 heteroatoms. The minimum atomic E-state index is -0.543. The van der Waals surface area contributed by atoms with Crippen LogP contribution in [0.1, 0.15) is 25.3 Å². The Morgan fingerprint density at radius 2 is 1.86 bits per heavy atom. The summed E-state index contributed by atoms with van der Waals surface area (Å²) < 4.78 is 0. The van der Waals surface area contributed by atoms with Gasteiger partial charge in [-0.2, -0.15) is 0 Å². The average molecular weight is 234 g/mol. The van der Waals surface area contributed by atoms with E-state index >= 15 is 0 Å². The molecule has 0 aliphatic heterocycles. The van der Waals surface area contributed by atoms with E-state index in [1.165, 1.54) is 6.07 Å². The van der Waals surface area contributed by atoms with Crippen molar-refractivity contribution in [2.75, 3.05) is 0 Å². The van der Waals surface area contributed by atoms with Crippen LogP contribution in [0.25, 0.3) is 0 Å². The molecule has 0 aromatic heterocycles. The summed E-state index contributed by atoms with van der Waals surface area (Å²) in [6.45, 7) is 3.90. The lowest BCUT2D eigenvalue weighted by molar-refractivity contribution is -0.384. The molecule has 0 amide bonds. The molecule has 1 rings (SSSR count). The molecule has 0 atom stereocenters. The number of hydrogen-bond acceptors (Lipinski definition) is 2. The molecule has 14 heavy (non-hydrogen) atoms. The number of halogens is 2. The second-order valence-corrected chi connectivity index (χ2v) is 3.97. The zero-order chi connectivity index (χ0) is 10.9. The van der Waals surface area contributed by atoms with E-state index in [1.54, 1.807) is 6.07 Å². The Kier molecular flexibility index (Phi) is 3.34. The normalized spacial score (nSPS) is 10.6. The number of hydrogen-bond donors (Lipinski definition) is 0. The quantitative estimate of drug-likeness (QED) is 0.572. The van der Waals surface area contributed by atoms with Gasteiger partial charge in [-0.15, -0.1) is 0 Å². The molecule has 0 N–H and O–H groups in total. The zero-order valence-electron chi connectivity index (χ0n) is 7.75. The van der Waals surface area contributed by atoms with E-state index < -0.39 is 4.92 Å². The second-order valence-electron chi connectivity index (χ2n) is 3.21. The average Bonchev–Trinajstić information content (AvgIpc) is 2.08. The maximum Gasteiger partial charge on any atom is 0.289 e. The summed E-state index contributed by atoms with van der Waals surface area (Å²) >= 11 is 11.7. The fourth-order valence-electron chi connectivity index (χ4n) is 1.14. The van der Waals surface area contributed by atoms with Gasteiger partial charge in [0.15, 0.2) is 0 Å². The summed E-state index contributed by atoms with van der Waals surface area (Å²) in [5.74, 6) is 0.195. The molecule has 0 saturated carbocycles. The van der Waals surface area contributed by atoms with Crippen molar-refractivity contribution in [1.82, 2.24) is 0 Å². The first-order valence-electron chi connectivity index (χ1n) is 4.07. The van der Waals surface area contributed by atoms with Gasteiger partial charge in [-0.25, -0.2) is 0 Å². The Bertz CT molecular complexity index is 377. The molecular formula is C9H9Cl2NO2. The highest BCUT2D eigenvalue weighted by Gasteiger charge is 2.18. The summed E-state index contributed by atoms with van der Waals surface area (Å²) in [6.07, 6.45) is 0. The standard InChI is InChI=1S/C9H9Cl2NO2/c1-5(2)6-3-4-7(12(13)14)9(11)8(6)10/h3-5H,1-2H3. The lowest BCUT2D eigenvalue weighted by Gasteiger charge is -2.08. The minimum Gasteiger partial charge on any atom is -0.258 e. The number of nitrogens with zero attached hydrogens (tertiary/aromatic N) is 1. The van der Waals surface area contributed by atoms with Crippen LogP contribution < -0.4 is 0 Å². The summed E-state index contributed by atoms with van der Waals surface area (Å²) in [4.78, 5) is 9.97. The fourth-order valence-corrected chi connectivity index (χ4v) is 1.76. The minimum absolute atomic E-state index is 0.0165. The number of rotatable bonds is 2. The van der Waals surface area contributed by atoms with E-state index in [9.17, 15) is 10.1 Å². The van der Waals surface area contributed by atoms with Gasteiger partial charge in [0.25, 0.3) is 5.69 Å². The number of benzene rings is 1. The van der Waals surface area contributed by atoms with Gasteiger partial charge in [-0.05, 0) is 11.5 Å². The van der Waals surface area contributed by atoms with E-state index in [1.807, 2.05) is 13.8 Å². The van der Waals surface area contributed by atoms with Crippen LogP contribution in [-0.4, -0.2) is 4.92 Å². The van der Waals surface area contributed by atoms with Crippen LogP contribution in [0.15, 0.2) is 12.1 Å². The van der Waals surface area contributed by atoms with Crippen LogP contribution in [-0.2, 0) is 0 Å². The molecule has 0 saturated heterocycles. The van der Waals surface area contributed by atoms with Crippen molar-refractivity contribution >= 4 is 28.9 Å². The van der Waals surface area contributed by atoms with Gasteiger partial charge in [-0.3, -0.25) is 10.1 Å². The predicted molar refractivity (Wildman–Crippen MR) is 57.2 cm³/mol. The molecule has 1 aromatic carbocycles. The van der Waals surface area contributed by atoms with Crippen LogP contribution in [0, 0.1) is 10.1 Å². The molecule has 0 aliphatic carbocycles. The molecule has 0 fully saturated rings. The third-order valence-electron chi connectivity index (χ3n) is 1.91. The highest BCUT2D eigenvalue weighted by atomic mass is 35.5. The van der Waals surface area contributed by atoms with Crippen molar-refractivity contribution < 1.29 is 4.92 Å². The Hall–Kier alpha value is -0.800. The molecule has 0 heterocycles. The van der Waals surface area contributed by atoms with Crippen LogP contribution in [0.2, 0.25) is 10.0 Å². The first kappa shape index (κ1) is 11.3. The number of nitro groups is 1. The van der Waals surface area contributed by atoms with E-state index in [0.29, 0.717) is 0 Å². The molecule has 0 unspecified atom stereocenters. The van der Waals surface area contributed by atoms with E-state index in [-0.39, 0.29) is 21.7 Å². The van der Waals surface area contributed by atoms with Crippen molar-refractivity contribution in [2.24, 2.45) is 0 Å². The Morgan fingerprint density at radius 3 is 2.29 bits per heavy atom. The summed E-state index contributed by atoms with van der Waals surface area (Å²) in [6, 6.07) is 3.01. The number of nitro benzene ring substituents is 1. The van der Waals surface area contributed by atoms with Gasteiger partial charge < -0.3 is 0 Å². The van der Waals surface area contributed by atoms with E-state index in [0.717, 1.165) is 5.56 Å². The van der Waals surface area contributed by atoms with Gasteiger partial charge in [0, 0.05) is 6.07 Å². The van der Waals surface area contributed by atoms with Crippen LogP contribution in [0.4, 0.5) is 5.69 Å². The summed E-state index contributed by atoms with van der Waals surface area (Å²) in [5.41, 5.74) is 0.670. The topological polar surface area (TPSA) is 43.1 Å². The Labute approximate surface area is 91.8 Å². The van der Waals surface area contributed by atoms with Gasteiger partial charge in [-0.1, -0.05) is 43.1 Å². The van der Waals surface area contributed by atoms with E-state index in [4.69, 9.17) is 23.2 Å². The van der Waals surface area contributed by atoms with Crippen molar-refractivity contribution in [3.63, 3.8) is 0 Å². The predicted octanol–water partition coefficient (Wildman–Crippen LogP) is 4.03. The second kappa shape index (κ2) is 4.15. The monoisotopic (exact) mass is 233 g/mol. The van der Waals surface area contributed by atoms with Crippen molar-refractivity contribution in [2.45, 2.75) is 19.8 Å². The lowest BCUT2D eigenvalue weighted by atomic mass is 10.0. The smallest absolute Gasteiger partial charge is 0.258 e. The highest BCUT2D eigenvalue weighted by molar-refractivity contribution is 6.43. The molecule has 1 aromatic rings. The fraction of sp³-hybridized carbons (Fsp3) is 0.333. The van der Waals surface area contributed by atoms with Crippen LogP contribution in [0.3, 0.4) is 0 Å². The largest absolute Gasteiger partial charge is 0.289 e. The third-order valence-corrected chi connectivity index (χ3v) is 2.80. The maximum absolute atomic E-state index is 10.5. The Morgan fingerprint density at radius 1 is 1.29 bits per heavy atom. The third kappa shape index (κ3) is 1.99. The van der Waals surface area contributed by atoms with Crippen molar-refractivity contribution in [1.29, 1.82) is 0 Å². The molecule has 76 valence electrons. The van der Waals surface area contributed by atoms with Crippen LogP contribution >= 0.6 is 23.2 Å². The summed E-state index contributed by atoms with van der Waals surface area (Å²) in [7, 11) is 0. The molecule has 0 radical (unpaired) electrons. The van der Waals surface area contributed by atoms with Gasteiger partial charge in [0.2, 0.25) is 0 Å². The SMILES string of the molecule is CC(C)c1ccc([N+](=O)[O-])c(Cl)c1Cl. The van der Waals surface area contributed by atoms with Crippen molar-refractivity contribution in [3.8, 4) is 0 Å². The Balaban J connectivity index is 3.33. The van der Waals surface area contributed by atoms with Gasteiger partial charge in [0.05, 0.1) is 9.95 Å². The molecule has 0 aliphatic rings. The molecule has 3 nitrogen and oxygen atoms in total. The zero-order valence-corrected chi connectivity index (χ0v) is 9.26. The summed E-state index contributed by atoms with van der Waals surface area (Å²) in [5, 5.41) is 10.8. The van der Waals surface area contributed by atoms with E-state index in [2.05, 4.69) is 0 Å². The van der Waals surface area contributed by atoms with Crippen LogP contribution in [0.5, 0.6) is 0 Å². The first-order chi connectivity index (χ1) is 6.45. The lowest BCUT2D eigenvalue weighted by Crippen LogP contribution is -1.94. The highest BCUT2D eigenvalue weighted by Crippen LogP contribution is 2.37. The molecular weight excluding hydrogens is 225 g/mol. The first-order valence-corrected chi connectivity index (χ1v) is 4.83. The van der Waals surface area contributed by atoms with Crippen molar-refractivity contribution in [3.05, 3.63) is 37.9 Å². The molecule has 0 bridgehead atoms. The van der Waals surface area contributed by atoms with Gasteiger partial charge >= 0.3 is 0 Å². The van der Waals surface area contributed by atoms with Gasteiger partial charge in [0.1, 0.15) is 5.02 Å². The maximum atomic E-state index is 10.5.